The Hall–Kier alpha value is -2.76. The molecule has 25 heavy (non-hydrogen) atoms. The van der Waals surface area contributed by atoms with Crippen LogP contribution in [0, 0.1) is 0 Å². The molecule has 0 spiro atoms. The number of carbonyl (C=O) groups excluding carboxylic acids is 2. The van der Waals surface area contributed by atoms with E-state index in [1.165, 1.54) is 0 Å². The Labute approximate surface area is 145 Å². The van der Waals surface area contributed by atoms with E-state index in [-0.39, 0.29) is 32.2 Å². The summed E-state index contributed by atoms with van der Waals surface area (Å²) in [5.41, 5.74) is 1.85. The van der Waals surface area contributed by atoms with Gasteiger partial charge in [0.2, 0.25) is 0 Å². The maximum absolute atomic E-state index is 12.9. The molecule has 130 valence electrons. The van der Waals surface area contributed by atoms with Crippen molar-refractivity contribution in [1.29, 1.82) is 0 Å². The third-order valence-corrected chi connectivity index (χ3v) is 4.77. The third kappa shape index (κ3) is 2.10. The Morgan fingerprint density at radius 3 is 2.76 bits per heavy atom. The molecule has 3 aliphatic heterocycles. The summed E-state index contributed by atoms with van der Waals surface area (Å²) in [6.45, 7) is 4.21. The first-order valence-corrected chi connectivity index (χ1v) is 8.44. The van der Waals surface area contributed by atoms with Gasteiger partial charge in [-0.05, 0) is 26.0 Å². The van der Waals surface area contributed by atoms with Crippen LogP contribution in [0.3, 0.4) is 0 Å². The molecule has 6 nitrogen and oxygen atoms in total. The highest BCUT2D eigenvalue weighted by atomic mass is 16.5. The maximum Gasteiger partial charge on any atom is 0.336 e. The molecule has 0 amide bonds. The molecule has 3 heterocycles. The van der Waals surface area contributed by atoms with E-state index in [0.717, 1.165) is 11.3 Å². The fourth-order valence-electron chi connectivity index (χ4n) is 3.73. The topological polar surface area (TPSA) is 65.1 Å². The van der Waals surface area contributed by atoms with Crippen LogP contribution in [0.15, 0.2) is 35.5 Å². The van der Waals surface area contributed by atoms with Gasteiger partial charge >= 0.3 is 11.9 Å². The molecule has 0 saturated heterocycles. The molecule has 1 aromatic carbocycles. The first-order valence-electron chi connectivity index (χ1n) is 8.44. The van der Waals surface area contributed by atoms with Gasteiger partial charge < -0.3 is 19.1 Å². The zero-order chi connectivity index (χ0) is 17.6. The van der Waals surface area contributed by atoms with Crippen LogP contribution in [0.4, 0.5) is 5.69 Å². The van der Waals surface area contributed by atoms with Gasteiger partial charge in [0.05, 0.1) is 30.2 Å². The van der Waals surface area contributed by atoms with Gasteiger partial charge in [-0.2, -0.15) is 0 Å². The largest absolute Gasteiger partial charge is 0.488 e. The zero-order valence-electron chi connectivity index (χ0n) is 14.2. The van der Waals surface area contributed by atoms with Crippen LogP contribution in [0.1, 0.15) is 25.8 Å². The van der Waals surface area contributed by atoms with Crippen LogP contribution in [-0.4, -0.2) is 37.3 Å². The van der Waals surface area contributed by atoms with E-state index >= 15 is 0 Å². The van der Waals surface area contributed by atoms with Crippen molar-refractivity contribution < 1.29 is 23.8 Å². The maximum atomic E-state index is 12.9. The second kappa shape index (κ2) is 5.65. The second-order valence-corrected chi connectivity index (χ2v) is 6.16. The summed E-state index contributed by atoms with van der Waals surface area (Å²) in [5, 5.41) is 0. The molecule has 0 N–H and O–H groups in total. The summed E-state index contributed by atoms with van der Waals surface area (Å²) in [5.74, 6) is -0.0897. The molecule has 0 aromatic heterocycles. The lowest BCUT2D eigenvalue weighted by Gasteiger charge is -2.44. The van der Waals surface area contributed by atoms with E-state index in [1.807, 2.05) is 35.3 Å². The van der Waals surface area contributed by atoms with Gasteiger partial charge in [-0.15, -0.1) is 0 Å². The lowest BCUT2D eigenvalue weighted by atomic mass is 9.91. The molecule has 1 aromatic rings. The molecule has 0 bridgehead atoms. The number of hydrogen-bond donors (Lipinski definition) is 0. The quantitative estimate of drug-likeness (QED) is 0.784. The Kier molecular flexibility index (Phi) is 3.56. The fourth-order valence-corrected chi connectivity index (χ4v) is 3.73. The van der Waals surface area contributed by atoms with Crippen LogP contribution >= 0.6 is 0 Å². The first-order chi connectivity index (χ1) is 12.1. The average Bonchev–Trinajstić information content (AvgIpc) is 2.98. The highest BCUT2D eigenvalue weighted by Gasteiger charge is 2.58. The summed E-state index contributed by atoms with van der Waals surface area (Å²) in [6.07, 6.45) is 4.00. The van der Waals surface area contributed by atoms with E-state index in [0.29, 0.717) is 17.0 Å². The Bertz CT molecular complexity index is 825. The number of benzene rings is 1. The minimum Gasteiger partial charge on any atom is -0.488 e. The standard InChI is InChI=1S/C19H19NO5/c1-3-23-17(21)13-10-19(18(22)24-4-2)11-25-15-7-5-6-12-8-9-14(13)20(19)16(12)15/h5-9H,3-4,10-11H2,1-2H3. The highest BCUT2D eigenvalue weighted by molar-refractivity contribution is 6.02. The van der Waals surface area contributed by atoms with E-state index in [4.69, 9.17) is 14.2 Å². The van der Waals surface area contributed by atoms with Gasteiger partial charge in [0.25, 0.3) is 0 Å². The Morgan fingerprint density at radius 1 is 1.20 bits per heavy atom. The van der Waals surface area contributed by atoms with Crippen molar-refractivity contribution in [1.82, 2.24) is 0 Å². The molecule has 1 unspecified atom stereocenters. The number of anilines is 1. The number of rotatable bonds is 4. The summed E-state index contributed by atoms with van der Waals surface area (Å²) in [7, 11) is 0. The predicted octanol–water partition coefficient (Wildman–Crippen LogP) is 2.44. The van der Waals surface area contributed by atoms with Gasteiger partial charge in [0.15, 0.2) is 5.54 Å². The number of hydrogen-bond acceptors (Lipinski definition) is 6. The SMILES string of the molecule is CCOC(=O)C1=C2C=Cc3cccc4c3N2C(C(=O)OCC)(CO4)C1. The average molecular weight is 341 g/mol. The van der Waals surface area contributed by atoms with Crippen molar-refractivity contribution in [2.24, 2.45) is 0 Å². The lowest BCUT2D eigenvalue weighted by molar-refractivity contribution is -0.151. The Morgan fingerprint density at radius 2 is 2.00 bits per heavy atom. The van der Waals surface area contributed by atoms with E-state index in [1.54, 1.807) is 13.8 Å². The molecular weight excluding hydrogens is 322 g/mol. The molecule has 1 atom stereocenters. The number of nitrogens with zero attached hydrogens (tertiary/aromatic N) is 1. The third-order valence-electron chi connectivity index (χ3n) is 4.77. The van der Waals surface area contributed by atoms with Crippen LogP contribution in [0.25, 0.3) is 6.08 Å². The van der Waals surface area contributed by atoms with E-state index in [9.17, 15) is 9.59 Å². The fraction of sp³-hybridized carbons (Fsp3) is 0.368. The number of ether oxygens (including phenoxy) is 3. The first kappa shape index (κ1) is 15.7. The Balaban J connectivity index is 1.90. The number of allylic oxidation sites excluding steroid dienone is 1. The van der Waals surface area contributed by atoms with Gasteiger partial charge in [0, 0.05) is 12.0 Å². The second-order valence-electron chi connectivity index (χ2n) is 6.16. The van der Waals surface area contributed by atoms with Crippen molar-refractivity contribution in [3.8, 4) is 5.75 Å². The van der Waals surface area contributed by atoms with Crippen molar-refractivity contribution in [3.05, 3.63) is 41.1 Å². The minimum atomic E-state index is -1.07. The molecule has 3 aliphatic rings. The number of para-hydroxylation sites is 1. The zero-order valence-corrected chi connectivity index (χ0v) is 14.2. The van der Waals surface area contributed by atoms with Gasteiger partial charge in [0.1, 0.15) is 12.4 Å². The van der Waals surface area contributed by atoms with Crippen LogP contribution < -0.4 is 9.64 Å². The monoisotopic (exact) mass is 341 g/mol. The van der Waals surface area contributed by atoms with Crippen molar-refractivity contribution in [2.45, 2.75) is 25.8 Å². The summed E-state index contributed by atoms with van der Waals surface area (Å²) in [4.78, 5) is 27.3. The van der Waals surface area contributed by atoms with Crippen LogP contribution in [0.2, 0.25) is 0 Å². The smallest absolute Gasteiger partial charge is 0.336 e. The van der Waals surface area contributed by atoms with Crippen LogP contribution in [0.5, 0.6) is 5.75 Å². The lowest BCUT2D eigenvalue weighted by Crippen LogP contribution is -2.58. The predicted molar refractivity (Wildman–Crippen MR) is 91.1 cm³/mol. The van der Waals surface area contributed by atoms with Crippen molar-refractivity contribution in [2.75, 3.05) is 24.7 Å². The van der Waals surface area contributed by atoms with Gasteiger partial charge in [-0.25, -0.2) is 9.59 Å². The molecule has 4 rings (SSSR count). The van der Waals surface area contributed by atoms with Gasteiger partial charge in [-0.1, -0.05) is 18.2 Å². The number of esters is 2. The normalized spacial score (nSPS) is 22.4. The van der Waals surface area contributed by atoms with E-state index < -0.39 is 11.5 Å². The molecule has 0 radical (unpaired) electrons. The number of carbonyl (C=O) groups is 2. The summed E-state index contributed by atoms with van der Waals surface area (Å²) in [6, 6.07) is 5.74. The molecule has 0 aliphatic carbocycles. The molecular formula is C19H19NO5. The van der Waals surface area contributed by atoms with Crippen molar-refractivity contribution in [3.63, 3.8) is 0 Å². The minimum absolute atomic E-state index is 0.128. The van der Waals surface area contributed by atoms with Crippen LogP contribution in [-0.2, 0) is 19.1 Å². The molecule has 6 heteroatoms. The molecule has 0 fully saturated rings. The van der Waals surface area contributed by atoms with Crippen molar-refractivity contribution >= 4 is 23.7 Å². The molecule has 0 saturated carbocycles. The van der Waals surface area contributed by atoms with Gasteiger partial charge in [-0.3, -0.25) is 0 Å². The summed E-state index contributed by atoms with van der Waals surface area (Å²) < 4.78 is 16.4. The summed E-state index contributed by atoms with van der Waals surface area (Å²) >= 11 is 0. The van der Waals surface area contributed by atoms with E-state index in [2.05, 4.69) is 0 Å². The highest BCUT2D eigenvalue weighted by Crippen LogP contribution is 2.52.